The van der Waals surface area contributed by atoms with Crippen LogP contribution in [0.5, 0.6) is 0 Å². The summed E-state index contributed by atoms with van der Waals surface area (Å²) in [5.41, 5.74) is 1.06. The normalized spacial score (nSPS) is 27.4. The molecule has 0 amide bonds. The van der Waals surface area contributed by atoms with E-state index in [1.54, 1.807) is 0 Å². The van der Waals surface area contributed by atoms with Crippen molar-refractivity contribution >= 4 is 0 Å². The highest BCUT2D eigenvalue weighted by molar-refractivity contribution is 4.80. The van der Waals surface area contributed by atoms with Gasteiger partial charge in [0.25, 0.3) is 0 Å². The first-order chi connectivity index (χ1) is 7.16. The number of rotatable bonds is 3. The predicted molar refractivity (Wildman–Crippen MR) is 73.6 cm³/mol. The molecule has 0 N–H and O–H groups in total. The van der Waals surface area contributed by atoms with Gasteiger partial charge in [0.1, 0.15) is 0 Å². The van der Waals surface area contributed by atoms with E-state index in [2.05, 4.69) is 41.5 Å². The van der Waals surface area contributed by atoms with E-state index in [1.807, 2.05) is 0 Å². The van der Waals surface area contributed by atoms with Crippen molar-refractivity contribution in [2.45, 2.75) is 80.1 Å². The van der Waals surface area contributed by atoms with Crippen molar-refractivity contribution in [1.82, 2.24) is 0 Å². The third kappa shape index (κ3) is 5.92. The van der Waals surface area contributed by atoms with Gasteiger partial charge in [-0.3, -0.25) is 0 Å². The van der Waals surface area contributed by atoms with Crippen LogP contribution in [0.3, 0.4) is 0 Å². The average molecular weight is 224 g/mol. The van der Waals surface area contributed by atoms with Gasteiger partial charge in [-0.25, -0.2) is 0 Å². The van der Waals surface area contributed by atoms with Crippen LogP contribution in [0.1, 0.15) is 80.1 Å². The van der Waals surface area contributed by atoms with E-state index in [9.17, 15) is 0 Å². The standard InChI is InChI=1S/C16H32/c1-15(2,3)10-9-13-7-8-14(11-13)12-16(4,5)6/h13-14H,7-12H2,1-6H3/t13-,14-/m0/s1. The molecule has 0 unspecified atom stereocenters. The summed E-state index contributed by atoms with van der Waals surface area (Å²) >= 11 is 0. The summed E-state index contributed by atoms with van der Waals surface area (Å²) in [7, 11) is 0. The third-order valence-corrected chi connectivity index (χ3v) is 3.85. The molecule has 0 heteroatoms. The SMILES string of the molecule is CC(C)(C)CC[C@@H]1CC[C@H](CC(C)(C)C)C1. The van der Waals surface area contributed by atoms with Crippen LogP contribution >= 0.6 is 0 Å². The van der Waals surface area contributed by atoms with Gasteiger partial charge in [-0.05, 0) is 48.3 Å². The van der Waals surface area contributed by atoms with Crippen LogP contribution in [-0.2, 0) is 0 Å². The second kappa shape index (κ2) is 5.10. The lowest BCUT2D eigenvalue weighted by molar-refractivity contribution is 0.280. The van der Waals surface area contributed by atoms with Gasteiger partial charge < -0.3 is 0 Å². The van der Waals surface area contributed by atoms with Gasteiger partial charge in [0.2, 0.25) is 0 Å². The molecule has 0 nitrogen and oxygen atoms in total. The van der Waals surface area contributed by atoms with Crippen LogP contribution in [0.15, 0.2) is 0 Å². The third-order valence-electron chi connectivity index (χ3n) is 3.85. The molecule has 0 aromatic rings. The van der Waals surface area contributed by atoms with Gasteiger partial charge in [0, 0.05) is 0 Å². The molecule has 16 heavy (non-hydrogen) atoms. The highest BCUT2D eigenvalue weighted by Gasteiger charge is 2.28. The van der Waals surface area contributed by atoms with Gasteiger partial charge in [0.15, 0.2) is 0 Å². The van der Waals surface area contributed by atoms with E-state index in [0.29, 0.717) is 10.8 Å². The topological polar surface area (TPSA) is 0 Å². The van der Waals surface area contributed by atoms with E-state index >= 15 is 0 Å². The van der Waals surface area contributed by atoms with Gasteiger partial charge >= 0.3 is 0 Å². The molecule has 0 heterocycles. The number of hydrogen-bond donors (Lipinski definition) is 0. The lowest BCUT2D eigenvalue weighted by Crippen LogP contribution is -2.12. The predicted octanol–water partition coefficient (Wildman–Crippen LogP) is 5.67. The Hall–Kier alpha value is 0. The molecular weight excluding hydrogens is 192 g/mol. The Balaban J connectivity index is 2.25. The Morgan fingerprint density at radius 3 is 1.88 bits per heavy atom. The lowest BCUT2D eigenvalue weighted by Gasteiger charge is -2.23. The van der Waals surface area contributed by atoms with Crippen LogP contribution in [0.2, 0.25) is 0 Å². The Morgan fingerprint density at radius 2 is 1.38 bits per heavy atom. The summed E-state index contributed by atoms with van der Waals surface area (Å²) in [4.78, 5) is 0. The second-order valence-corrected chi connectivity index (χ2v) is 8.41. The molecule has 0 aromatic heterocycles. The molecule has 0 aliphatic heterocycles. The minimum atomic E-state index is 0.530. The zero-order valence-corrected chi connectivity index (χ0v) is 12.4. The molecule has 2 atom stereocenters. The Kier molecular flexibility index (Phi) is 4.49. The zero-order valence-electron chi connectivity index (χ0n) is 12.4. The molecule has 1 aliphatic rings. The summed E-state index contributed by atoms with van der Waals surface area (Å²) in [6, 6.07) is 0. The van der Waals surface area contributed by atoms with Crippen molar-refractivity contribution in [3.05, 3.63) is 0 Å². The van der Waals surface area contributed by atoms with Gasteiger partial charge in [-0.1, -0.05) is 54.4 Å². The van der Waals surface area contributed by atoms with Crippen molar-refractivity contribution in [3.8, 4) is 0 Å². The maximum Gasteiger partial charge on any atom is -0.0380 e. The number of hydrogen-bond acceptors (Lipinski definition) is 0. The summed E-state index contributed by atoms with van der Waals surface area (Å²) in [6.07, 6.45) is 8.79. The van der Waals surface area contributed by atoms with Crippen LogP contribution < -0.4 is 0 Å². The van der Waals surface area contributed by atoms with Crippen molar-refractivity contribution in [2.24, 2.45) is 22.7 Å². The van der Waals surface area contributed by atoms with E-state index in [4.69, 9.17) is 0 Å². The molecule has 0 aromatic carbocycles. The molecular formula is C16H32. The first kappa shape index (κ1) is 14.1. The second-order valence-electron chi connectivity index (χ2n) is 8.41. The zero-order chi connectivity index (χ0) is 12.4. The Labute approximate surface area is 103 Å². The molecule has 0 saturated heterocycles. The summed E-state index contributed by atoms with van der Waals surface area (Å²) in [5, 5.41) is 0. The van der Waals surface area contributed by atoms with E-state index in [0.717, 1.165) is 11.8 Å². The summed E-state index contributed by atoms with van der Waals surface area (Å²) < 4.78 is 0. The molecule has 1 saturated carbocycles. The smallest absolute Gasteiger partial charge is 0.0380 e. The van der Waals surface area contributed by atoms with Crippen molar-refractivity contribution in [3.63, 3.8) is 0 Å². The fraction of sp³-hybridized carbons (Fsp3) is 1.00. The lowest BCUT2D eigenvalue weighted by atomic mass is 9.82. The van der Waals surface area contributed by atoms with Crippen molar-refractivity contribution in [1.29, 1.82) is 0 Å². The molecule has 96 valence electrons. The summed E-state index contributed by atoms with van der Waals surface area (Å²) in [5.74, 6) is 2.05. The molecule has 0 bridgehead atoms. The fourth-order valence-electron chi connectivity index (χ4n) is 3.13. The minimum absolute atomic E-state index is 0.530. The maximum atomic E-state index is 2.38. The van der Waals surface area contributed by atoms with Gasteiger partial charge in [-0.2, -0.15) is 0 Å². The van der Waals surface area contributed by atoms with E-state index in [1.165, 1.54) is 38.5 Å². The first-order valence-electron chi connectivity index (χ1n) is 7.16. The fourth-order valence-corrected chi connectivity index (χ4v) is 3.13. The average Bonchev–Trinajstić information content (AvgIpc) is 2.44. The quantitative estimate of drug-likeness (QED) is 0.580. The van der Waals surface area contributed by atoms with Crippen molar-refractivity contribution in [2.75, 3.05) is 0 Å². The van der Waals surface area contributed by atoms with Crippen LogP contribution in [0.4, 0.5) is 0 Å². The minimum Gasteiger partial charge on any atom is -0.0602 e. The maximum absolute atomic E-state index is 2.38. The highest BCUT2D eigenvalue weighted by atomic mass is 14.3. The van der Waals surface area contributed by atoms with Crippen molar-refractivity contribution < 1.29 is 0 Å². The monoisotopic (exact) mass is 224 g/mol. The molecule has 1 rings (SSSR count). The molecule has 0 radical (unpaired) electrons. The highest BCUT2D eigenvalue weighted by Crippen LogP contribution is 2.41. The van der Waals surface area contributed by atoms with E-state index in [-0.39, 0.29) is 0 Å². The largest absolute Gasteiger partial charge is 0.0602 e. The first-order valence-corrected chi connectivity index (χ1v) is 7.16. The van der Waals surface area contributed by atoms with Crippen LogP contribution in [-0.4, -0.2) is 0 Å². The Bertz CT molecular complexity index is 201. The van der Waals surface area contributed by atoms with Gasteiger partial charge in [-0.15, -0.1) is 0 Å². The molecule has 1 fully saturated rings. The van der Waals surface area contributed by atoms with Gasteiger partial charge in [0.05, 0.1) is 0 Å². The van der Waals surface area contributed by atoms with Crippen LogP contribution in [0, 0.1) is 22.7 Å². The van der Waals surface area contributed by atoms with E-state index < -0.39 is 0 Å². The molecule has 1 aliphatic carbocycles. The van der Waals surface area contributed by atoms with Crippen LogP contribution in [0.25, 0.3) is 0 Å². The molecule has 0 spiro atoms. The summed E-state index contributed by atoms with van der Waals surface area (Å²) in [6.45, 7) is 14.3. The Morgan fingerprint density at radius 1 is 0.812 bits per heavy atom.